The van der Waals surface area contributed by atoms with E-state index in [1.807, 2.05) is 6.07 Å². The molecule has 1 aliphatic heterocycles. The molecule has 1 fully saturated rings. The van der Waals surface area contributed by atoms with Gasteiger partial charge in [-0.25, -0.2) is 4.98 Å². The number of nitrogens with zero attached hydrogens (tertiary/aromatic N) is 3. The molecule has 0 radical (unpaired) electrons. The van der Waals surface area contributed by atoms with E-state index in [9.17, 15) is 0 Å². The van der Waals surface area contributed by atoms with Crippen LogP contribution in [-0.2, 0) is 0 Å². The predicted octanol–water partition coefficient (Wildman–Crippen LogP) is 3.06. The Morgan fingerprint density at radius 1 is 1.52 bits per heavy atom. The van der Waals surface area contributed by atoms with Crippen molar-refractivity contribution in [2.24, 2.45) is 5.92 Å². The number of rotatable bonds is 4. The van der Waals surface area contributed by atoms with Crippen molar-refractivity contribution in [3.63, 3.8) is 0 Å². The van der Waals surface area contributed by atoms with Crippen LogP contribution in [0, 0.1) is 5.92 Å². The molecule has 1 unspecified atom stereocenters. The monoisotopic (exact) mass is 327 g/mol. The summed E-state index contributed by atoms with van der Waals surface area (Å²) in [6.07, 6.45) is 3.46. The number of piperidine rings is 1. The van der Waals surface area contributed by atoms with E-state index in [4.69, 9.17) is 23.8 Å². The van der Waals surface area contributed by atoms with E-state index in [0.717, 1.165) is 31.9 Å². The minimum Gasteiger partial charge on any atom is -0.362 e. The first kappa shape index (κ1) is 16.2. The highest BCUT2D eigenvalue weighted by molar-refractivity contribution is 7.80. The van der Waals surface area contributed by atoms with Gasteiger partial charge < -0.3 is 15.5 Å². The lowest BCUT2D eigenvalue weighted by molar-refractivity contribution is 0.444. The lowest BCUT2D eigenvalue weighted by atomic mass is 10.0. The summed E-state index contributed by atoms with van der Waals surface area (Å²) in [6.45, 7) is 7.18. The molecule has 0 aromatic carbocycles. The first-order chi connectivity index (χ1) is 10.1. The zero-order chi connectivity index (χ0) is 15.2. The Labute approximate surface area is 136 Å². The number of thiocarbonyl (C=S) groups is 1. The molecule has 1 atom stereocenters. The minimum atomic E-state index is 0.430. The third-order valence-corrected chi connectivity index (χ3v) is 3.86. The number of anilines is 2. The summed E-state index contributed by atoms with van der Waals surface area (Å²) in [4.78, 5) is 11.0. The smallest absolute Gasteiger partial charge is 0.232 e. The van der Waals surface area contributed by atoms with E-state index < -0.39 is 0 Å². The van der Waals surface area contributed by atoms with Crippen molar-refractivity contribution in [1.29, 1.82) is 0 Å². The molecule has 116 valence electrons. The molecule has 0 saturated carbocycles. The number of halogens is 1. The van der Waals surface area contributed by atoms with Gasteiger partial charge in [-0.3, -0.25) is 0 Å². The predicted molar refractivity (Wildman–Crippen MR) is 92.2 cm³/mol. The molecule has 2 N–H and O–H groups in total. The molecule has 1 aliphatic rings. The Hall–Kier alpha value is -1.14. The molecule has 21 heavy (non-hydrogen) atoms. The highest BCUT2D eigenvalue weighted by atomic mass is 35.5. The van der Waals surface area contributed by atoms with Crippen molar-refractivity contribution in [3.05, 3.63) is 11.2 Å². The Bertz CT molecular complexity index is 496. The molecule has 0 bridgehead atoms. The van der Waals surface area contributed by atoms with Crippen LogP contribution in [0.2, 0.25) is 5.15 Å². The average molecular weight is 328 g/mol. The van der Waals surface area contributed by atoms with Crippen molar-refractivity contribution in [2.75, 3.05) is 29.9 Å². The van der Waals surface area contributed by atoms with Gasteiger partial charge in [0.15, 0.2) is 5.11 Å². The summed E-state index contributed by atoms with van der Waals surface area (Å²) in [7, 11) is 0. The van der Waals surface area contributed by atoms with Gasteiger partial charge in [0, 0.05) is 25.7 Å². The molecule has 0 amide bonds. The van der Waals surface area contributed by atoms with Crippen LogP contribution in [0.5, 0.6) is 0 Å². The van der Waals surface area contributed by atoms with Crippen molar-refractivity contribution in [1.82, 2.24) is 15.3 Å². The Balaban J connectivity index is 2.07. The molecular weight excluding hydrogens is 306 g/mol. The Morgan fingerprint density at radius 3 is 3.05 bits per heavy atom. The lowest BCUT2D eigenvalue weighted by Crippen LogP contribution is -2.35. The highest BCUT2D eigenvalue weighted by Crippen LogP contribution is 2.24. The van der Waals surface area contributed by atoms with Gasteiger partial charge in [0.25, 0.3) is 0 Å². The summed E-state index contributed by atoms with van der Waals surface area (Å²) in [5.74, 6) is 1.99. The van der Waals surface area contributed by atoms with Crippen LogP contribution in [0.1, 0.15) is 33.1 Å². The summed E-state index contributed by atoms with van der Waals surface area (Å²) in [5.41, 5.74) is 0. The van der Waals surface area contributed by atoms with Crippen molar-refractivity contribution in [2.45, 2.75) is 33.1 Å². The number of hydrogen-bond donors (Lipinski definition) is 2. The molecule has 2 rings (SSSR count). The van der Waals surface area contributed by atoms with Crippen molar-refractivity contribution >= 4 is 40.7 Å². The number of nitrogens with one attached hydrogen (secondary N) is 2. The molecule has 5 nitrogen and oxygen atoms in total. The molecule has 1 aromatic heterocycles. The second-order valence-corrected chi connectivity index (χ2v) is 6.24. The van der Waals surface area contributed by atoms with Gasteiger partial charge >= 0.3 is 0 Å². The molecule has 1 saturated heterocycles. The van der Waals surface area contributed by atoms with E-state index in [-0.39, 0.29) is 0 Å². The second-order valence-electron chi connectivity index (χ2n) is 5.45. The third-order valence-electron chi connectivity index (χ3n) is 3.42. The van der Waals surface area contributed by atoms with Crippen LogP contribution in [0.15, 0.2) is 6.07 Å². The fourth-order valence-corrected chi connectivity index (χ4v) is 2.78. The Morgan fingerprint density at radius 2 is 2.33 bits per heavy atom. The normalized spacial score (nSPS) is 18.4. The topological polar surface area (TPSA) is 53.1 Å². The van der Waals surface area contributed by atoms with E-state index >= 15 is 0 Å². The Kier molecular flexibility index (Phi) is 5.99. The van der Waals surface area contributed by atoms with Crippen LogP contribution in [0.25, 0.3) is 0 Å². The van der Waals surface area contributed by atoms with Gasteiger partial charge in [-0.15, -0.1) is 0 Å². The molecule has 0 spiro atoms. The van der Waals surface area contributed by atoms with Crippen LogP contribution < -0.4 is 15.5 Å². The maximum Gasteiger partial charge on any atom is 0.232 e. The van der Waals surface area contributed by atoms with Gasteiger partial charge in [0.1, 0.15) is 11.0 Å². The summed E-state index contributed by atoms with van der Waals surface area (Å²) in [5, 5.41) is 7.04. The SMILES string of the molecule is CCCNC(=S)Nc1nc(Cl)cc(N2CCCC(C)C2)n1. The van der Waals surface area contributed by atoms with Gasteiger partial charge in [0.2, 0.25) is 5.95 Å². The lowest BCUT2D eigenvalue weighted by Gasteiger charge is -2.32. The highest BCUT2D eigenvalue weighted by Gasteiger charge is 2.19. The van der Waals surface area contributed by atoms with Crippen molar-refractivity contribution < 1.29 is 0 Å². The van der Waals surface area contributed by atoms with Gasteiger partial charge in [-0.1, -0.05) is 25.4 Å². The summed E-state index contributed by atoms with van der Waals surface area (Å²) < 4.78 is 0. The van der Waals surface area contributed by atoms with E-state index in [1.165, 1.54) is 12.8 Å². The van der Waals surface area contributed by atoms with E-state index in [0.29, 0.717) is 22.1 Å². The fraction of sp³-hybridized carbons (Fsp3) is 0.643. The summed E-state index contributed by atoms with van der Waals surface area (Å²) >= 11 is 11.3. The minimum absolute atomic E-state index is 0.430. The largest absolute Gasteiger partial charge is 0.362 e. The van der Waals surface area contributed by atoms with E-state index in [2.05, 4.69) is 39.3 Å². The number of hydrogen-bond acceptors (Lipinski definition) is 4. The first-order valence-corrected chi connectivity index (χ1v) is 8.21. The third kappa shape index (κ3) is 4.97. The van der Waals surface area contributed by atoms with E-state index in [1.54, 1.807) is 0 Å². The summed E-state index contributed by atoms with van der Waals surface area (Å²) in [6, 6.07) is 1.81. The second kappa shape index (κ2) is 7.75. The quantitative estimate of drug-likeness (QED) is 0.655. The van der Waals surface area contributed by atoms with Crippen LogP contribution in [0.4, 0.5) is 11.8 Å². The first-order valence-electron chi connectivity index (χ1n) is 7.43. The maximum atomic E-state index is 6.11. The standard InChI is InChI=1S/C14H22ClN5S/c1-3-6-16-14(21)19-13-17-11(15)8-12(18-13)20-7-4-5-10(2)9-20/h8,10H,3-7,9H2,1-2H3,(H2,16,17,18,19,21). The molecule has 2 heterocycles. The van der Waals surface area contributed by atoms with Crippen LogP contribution in [0.3, 0.4) is 0 Å². The molecule has 7 heteroatoms. The zero-order valence-electron chi connectivity index (χ0n) is 12.5. The zero-order valence-corrected chi connectivity index (χ0v) is 14.1. The van der Waals surface area contributed by atoms with Gasteiger partial charge in [-0.05, 0) is 37.4 Å². The average Bonchev–Trinajstić information content (AvgIpc) is 2.44. The fourth-order valence-electron chi connectivity index (χ4n) is 2.41. The molecular formula is C14H22ClN5S. The van der Waals surface area contributed by atoms with Gasteiger partial charge in [0.05, 0.1) is 0 Å². The molecule has 0 aliphatic carbocycles. The number of aromatic nitrogens is 2. The van der Waals surface area contributed by atoms with Crippen LogP contribution in [-0.4, -0.2) is 34.7 Å². The molecule has 1 aromatic rings. The van der Waals surface area contributed by atoms with Crippen molar-refractivity contribution in [3.8, 4) is 0 Å². The van der Waals surface area contributed by atoms with Gasteiger partial charge in [-0.2, -0.15) is 4.98 Å². The maximum absolute atomic E-state index is 6.11. The van der Waals surface area contributed by atoms with Crippen LogP contribution >= 0.6 is 23.8 Å².